The number of fused-ring (bicyclic) bond motifs is 3. The molecule has 4 nitrogen and oxygen atoms in total. The Morgan fingerprint density at radius 1 is 1.05 bits per heavy atom. The minimum absolute atomic E-state index is 0.167. The van der Waals surface area contributed by atoms with Crippen molar-refractivity contribution < 1.29 is 15.3 Å². The molecule has 0 fully saturated rings. The third-order valence-corrected chi connectivity index (χ3v) is 3.74. The molecule has 0 amide bonds. The molecule has 0 aliphatic carbocycles. The molecule has 4 heteroatoms. The van der Waals surface area contributed by atoms with E-state index in [1.165, 1.54) is 12.1 Å². The summed E-state index contributed by atoms with van der Waals surface area (Å²) in [6, 6.07) is 10.9. The van der Waals surface area contributed by atoms with Crippen LogP contribution in [0, 0.1) is 0 Å². The molecular formula is C16H17NO3. The molecule has 1 atom stereocenters. The van der Waals surface area contributed by atoms with Crippen LogP contribution in [0.25, 0.3) is 11.1 Å². The highest BCUT2D eigenvalue weighted by molar-refractivity contribution is 5.74. The monoisotopic (exact) mass is 271 g/mol. The summed E-state index contributed by atoms with van der Waals surface area (Å²) in [7, 11) is 1.95. The number of aromatic hydroxyl groups is 2. The number of likely N-dealkylation sites (N-methyl/N-ethyl adjacent to an activating group) is 1. The lowest BCUT2D eigenvalue weighted by Crippen LogP contribution is -2.26. The van der Waals surface area contributed by atoms with E-state index in [1.54, 1.807) is 0 Å². The van der Waals surface area contributed by atoms with E-state index in [0.29, 0.717) is 12.1 Å². The van der Waals surface area contributed by atoms with E-state index in [1.807, 2.05) is 36.2 Å². The van der Waals surface area contributed by atoms with Gasteiger partial charge in [-0.3, -0.25) is 4.90 Å². The summed E-state index contributed by atoms with van der Waals surface area (Å²) >= 11 is 0. The Morgan fingerprint density at radius 3 is 2.55 bits per heavy atom. The van der Waals surface area contributed by atoms with Gasteiger partial charge in [0.25, 0.3) is 0 Å². The Balaban J connectivity index is 2.28. The molecule has 2 aromatic carbocycles. The van der Waals surface area contributed by atoms with E-state index in [0.717, 1.165) is 23.2 Å². The second-order valence-electron chi connectivity index (χ2n) is 5.30. The van der Waals surface area contributed by atoms with Gasteiger partial charge >= 0.3 is 0 Å². The van der Waals surface area contributed by atoms with Gasteiger partial charge < -0.3 is 15.3 Å². The number of benzene rings is 2. The molecule has 20 heavy (non-hydrogen) atoms. The second kappa shape index (κ2) is 4.81. The van der Waals surface area contributed by atoms with Crippen LogP contribution in [0.15, 0.2) is 36.4 Å². The molecule has 3 N–H and O–H groups in total. The smallest absolute Gasteiger partial charge is 0.158 e. The van der Waals surface area contributed by atoms with Crippen LogP contribution in [-0.4, -0.2) is 33.8 Å². The maximum Gasteiger partial charge on any atom is 0.158 e. The molecule has 0 aromatic heterocycles. The minimum Gasteiger partial charge on any atom is -0.504 e. The first-order chi connectivity index (χ1) is 9.56. The minimum atomic E-state index is -0.699. The van der Waals surface area contributed by atoms with Gasteiger partial charge in [0.1, 0.15) is 0 Å². The van der Waals surface area contributed by atoms with E-state index < -0.39 is 6.10 Å². The number of aliphatic hydroxyl groups is 1. The van der Waals surface area contributed by atoms with E-state index >= 15 is 0 Å². The number of phenols is 2. The van der Waals surface area contributed by atoms with Crippen molar-refractivity contribution in [3.63, 3.8) is 0 Å². The Kier molecular flexibility index (Phi) is 3.12. The van der Waals surface area contributed by atoms with E-state index in [-0.39, 0.29) is 11.5 Å². The van der Waals surface area contributed by atoms with E-state index in [2.05, 4.69) is 0 Å². The molecule has 1 heterocycles. The number of nitrogens with zero attached hydrogens (tertiary/aromatic N) is 1. The summed E-state index contributed by atoms with van der Waals surface area (Å²) in [5.74, 6) is -0.372. The van der Waals surface area contributed by atoms with Crippen molar-refractivity contribution in [3.8, 4) is 22.6 Å². The molecule has 0 bridgehead atoms. The van der Waals surface area contributed by atoms with E-state index in [4.69, 9.17) is 0 Å². The molecule has 1 aliphatic rings. The van der Waals surface area contributed by atoms with Gasteiger partial charge in [0, 0.05) is 13.1 Å². The van der Waals surface area contributed by atoms with Gasteiger partial charge in [0.2, 0.25) is 0 Å². The number of β-amino-alcohol motifs (C(OH)–C–C–N with tert-alkyl or cyclic N) is 1. The predicted molar refractivity (Wildman–Crippen MR) is 76.5 cm³/mol. The molecule has 0 saturated heterocycles. The van der Waals surface area contributed by atoms with Crippen molar-refractivity contribution in [1.29, 1.82) is 0 Å². The van der Waals surface area contributed by atoms with Crippen LogP contribution in [0.1, 0.15) is 17.2 Å². The Morgan fingerprint density at radius 2 is 1.75 bits per heavy atom. The van der Waals surface area contributed by atoms with Crippen molar-refractivity contribution in [2.75, 3.05) is 13.6 Å². The molecule has 2 aromatic rings. The fourth-order valence-corrected chi connectivity index (χ4v) is 2.77. The van der Waals surface area contributed by atoms with Crippen molar-refractivity contribution in [2.24, 2.45) is 0 Å². The van der Waals surface area contributed by atoms with Crippen LogP contribution >= 0.6 is 0 Å². The van der Waals surface area contributed by atoms with Gasteiger partial charge in [0.05, 0.1) is 6.10 Å². The molecular weight excluding hydrogens is 254 g/mol. The summed E-state index contributed by atoms with van der Waals surface area (Å²) in [6.07, 6.45) is -0.699. The van der Waals surface area contributed by atoms with Crippen LogP contribution in [0.5, 0.6) is 11.5 Å². The van der Waals surface area contributed by atoms with Crippen LogP contribution in [0.4, 0.5) is 0 Å². The van der Waals surface area contributed by atoms with Gasteiger partial charge in [-0.1, -0.05) is 24.3 Å². The number of phenolic OH excluding ortho intramolecular Hbond substituents is 2. The summed E-state index contributed by atoms with van der Waals surface area (Å²) in [6.45, 7) is 1.21. The molecule has 1 aliphatic heterocycles. The van der Waals surface area contributed by atoms with Crippen molar-refractivity contribution in [3.05, 3.63) is 47.5 Å². The molecule has 0 saturated carbocycles. The molecule has 1 unspecified atom stereocenters. The van der Waals surface area contributed by atoms with Crippen LogP contribution in [0.3, 0.4) is 0 Å². The van der Waals surface area contributed by atoms with Gasteiger partial charge in [-0.15, -0.1) is 0 Å². The lowest BCUT2D eigenvalue weighted by atomic mass is 9.90. The first kappa shape index (κ1) is 13.0. The zero-order valence-electron chi connectivity index (χ0n) is 11.2. The summed E-state index contributed by atoms with van der Waals surface area (Å²) in [5.41, 5.74) is 3.52. The quantitative estimate of drug-likeness (QED) is 0.643. The largest absolute Gasteiger partial charge is 0.504 e. The third-order valence-electron chi connectivity index (χ3n) is 3.74. The Hall–Kier alpha value is -2.04. The van der Waals surface area contributed by atoms with Crippen molar-refractivity contribution in [2.45, 2.75) is 12.6 Å². The van der Waals surface area contributed by atoms with Crippen LogP contribution < -0.4 is 0 Å². The predicted octanol–water partition coefficient (Wildman–Crippen LogP) is 2.24. The number of hydrogen-bond donors (Lipinski definition) is 3. The van der Waals surface area contributed by atoms with Gasteiger partial charge in [0.15, 0.2) is 11.5 Å². The highest BCUT2D eigenvalue weighted by Gasteiger charge is 2.23. The zero-order chi connectivity index (χ0) is 14.3. The maximum absolute atomic E-state index is 10.3. The average molecular weight is 271 g/mol. The Bertz CT molecular complexity index is 654. The SMILES string of the molecule is CN1Cc2ccccc2-c2cc(O)c(O)cc2C(O)C1. The van der Waals surface area contributed by atoms with Crippen molar-refractivity contribution in [1.82, 2.24) is 4.90 Å². The highest BCUT2D eigenvalue weighted by atomic mass is 16.3. The zero-order valence-corrected chi connectivity index (χ0v) is 11.2. The molecule has 3 rings (SSSR count). The first-order valence-corrected chi connectivity index (χ1v) is 6.57. The third kappa shape index (κ3) is 2.13. The van der Waals surface area contributed by atoms with Gasteiger partial charge in [-0.2, -0.15) is 0 Å². The summed E-state index contributed by atoms with van der Waals surface area (Å²) in [4.78, 5) is 2.04. The van der Waals surface area contributed by atoms with Crippen molar-refractivity contribution >= 4 is 0 Å². The molecule has 104 valence electrons. The number of rotatable bonds is 0. The molecule has 0 radical (unpaired) electrons. The summed E-state index contributed by atoms with van der Waals surface area (Å²) in [5, 5.41) is 29.8. The average Bonchev–Trinajstić information content (AvgIpc) is 2.41. The lowest BCUT2D eigenvalue weighted by Gasteiger charge is -2.27. The topological polar surface area (TPSA) is 63.9 Å². The molecule has 0 spiro atoms. The van der Waals surface area contributed by atoms with Crippen LogP contribution in [0.2, 0.25) is 0 Å². The number of aliphatic hydroxyl groups excluding tert-OH is 1. The van der Waals surface area contributed by atoms with Crippen LogP contribution in [-0.2, 0) is 6.54 Å². The highest BCUT2D eigenvalue weighted by Crippen LogP contribution is 2.40. The standard InChI is InChI=1S/C16H17NO3/c1-17-8-10-4-2-3-5-11(10)12-6-14(18)15(19)7-13(12)16(20)9-17/h2-7,16,18-20H,8-9H2,1H3. The van der Waals surface area contributed by atoms with E-state index in [9.17, 15) is 15.3 Å². The maximum atomic E-state index is 10.3. The van der Waals surface area contributed by atoms with Gasteiger partial charge in [-0.05, 0) is 41.4 Å². The number of hydrogen-bond acceptors (Lipinski definition) is 4. The lowest BCUT2D eigenvalue weighted by molar-refractivity contribution is 0.123. The fourth-order valence-electron chi connectivity index (χ4n) is 2.77. The summed E-state index contributed by atoms with van der Waals surface area (Å²) < 4.78 is 0. The van der Waals surface area contributed by atoms with Gasteiger partial charge in [-0.25, -0.2) is 0 Å². The second-order valence-corrected chi connectivity index (χ2v) is 5.30. The first-order valence-electron chi connectivity index (χ1n) is 6.57. The Labute approximate surface area is 117 Å². The normalized spacial score (nSPS) is 18.8. The fraction of sp³-hybridized carbons (Fsp3) is 0.250.